The molecule has 2 aromatic carbocycles. The van der Waals surface area contributed by atoms with Crippen molar-refractivity contribution in [2.45, 2.75) is 6.18 Å². The lowest BCUT2D eigenvalue weighted by Crippen LogP contribution is -2.04. The van der Waals surface area contributed by atoms with E-state index in [0.29, 0.717) is 17.2 Å². The molecular formula is C13H10F3NO. The second kappa shape index (κ2) is 4.60. The Hall–Kier alpha value is -2.17. The van der Waals surface area contributed by atoms with Gasteiger partial charge in [0, 0.05) is 0 Å². The van der Waals surface area contributed by atoms with Gasteiger partial charge in [-0.25, -0.2) is 0 Å². The van der Waals surface area contributed by atoms with Crippen molar-refractivity contribution in [2.75, 3.05) is 5.73 Å². The fourth-order valence-corrected chi connectivity index (χ4v) is 1.41. The number of anilines is 1. The van der Waals surface area contributed by atoms with Crippen molar-refractivity contribution in [3.05, 3.63) is 54.1 Å². The molecule has 0 aliphatic carbocycles. The monoisotopic (exact) mass is 253 g/mol. The van der Waals surface area contributed by atoms with Gasteiger partial charge in [0.2, 0.25) is 0 Å². The fourth-order valence-electron chi connectivity index (χ4n) is 1.41. The first kappa shape index (κ1) is 12.3. The summed E-state index contributed by atoms with van der Waals surface area (Å²) < 4.78 is 42.4. The van der Waals surface area contributed by atoms with Gasteiger partial charge in [-0.05, 0) is 36.4 Å². The molecule has 0 aromatic heterocycles. The Morgan fingerprint density at radius 1 is 0.889 bits per heavy atom. The molecule has 2 rings (SSSR count). The molecule has 18 heavy (non-hydrogen) atoms. The quantitative estimate of drug-likeness (QED) is 0.818. The van der Waals surface area contributed by atoms with Crippen molar-refractivity contribution in [1.29, 1.82) is 0 Å². The van der Waals surface area contributed by atoms with Gasteiger partial charge in [0.1, 0.15) is 11.5 Å². The van der Waals surface area contributed by atoms with Crippen LogP contribution in [0.15, 0.2) is 48.5 Å². The molecular weight excluding hydrogens is 243 g/mol. The van der Waals surface area contributed by atoms with Crippen LogP contribution in [0.1, 0.15) is 5.56 Å². The Morgan fingerprint density at radius 2 is 1.50 bits per heavy atom. The van der Waals surface area contributed by atoms with Crippen LogP contribution in [0, 0.1) is 0 Å². The number of nitrogens with two attached hydrogens (primary N) is 1. The average Bonchev–Trinajstić information content (AvgIpc) is 2.32. The summed E-state index contributed by atoms with van der Waals surface area (Å²) in [4.78, 5) is 0. The van der Waals surface area contributed by atoms with E-state index < -0.39 is 11.7 Å². The van der Waals surface area contributed by atoms with Crippen molar-refractivity contribution < 1.29 is 17.9 Å². The van der Waals surface area contributed by atoms with E-state index in [-0.39, 0.29) is 0 Å². The Bertz CT molecular complexity index is 535. The third-order valence-corrected chi connectivity index (χ3v) is 2.33. The summed E-state index contributed by atoms with van der Waals surface area (Å²) in [6.45, 7) is 0. The third-order valence-electron chi connectivity index (χ3n) is 2.33. The van der Waals surface area contributed by atoms with Crippen LogP contribution in [0.25, 0.3) is 0 Å². The number of para-hydroxylation sites is 2. The van der Waals surface area contributed by atoms with Crippen LogP contribution >= 0.6 is 0 Å². The van der Waals surface area contributed by atoms with Gasteiger partial charge < -0.3 is 10.5 Å². The summed E-state index contributed by atoms with van der Waals surface area (Å²) in [6, 6.07) is 11.2. The highest BCUT2D eigenvalue weighted by Crippen LogP contribution is 2.32. The topological polar surface area (TPSA) is 35.2 Å². The maximum absolute atomic E-state index is 12.3. The normalized spacial score (nSPS) is 11.3. The Labute approximate surface area is 102 Å². The maximum atomic E-state index is 12.3. The van der Waals surface area contributed by atoms with E-state index in [1.165, 1.54) is 12.1 Å². The minimum atomic E-state index is -4.34. The minimum absolute atomic E-state index is 0.306. The largest absolute Gasteiger partial charge is 0.455 e. The summed E-state index contributed by atoms with van der Waals surface area (Å²) in [6.07, 6.45) is -4.34. The van der Waals surface area contributed by atoms with Gasteiger partial charge in [-0.15, -0.1) is 0 Å². The van der Waals surface area contributed by atoms with Gasteiger partial charge >= 0.3 is 6.18 Å². The number of alkyl halides is 3. The molecule has 2 aromatic rings. The van der Waals surface area contributed by atoms with Crippen LogP contribution in [0.4, 0.5) is 18.9 Å². The van der Waals surface area contributed by atoms with Crippen molar-refractivity contribution in [3.63, 3.8) is 0 Å². The number of ether oxygens (including phenoxy) is 1. The zero-order chi connectivity index (χ0) is 13.2. The molecule has 0 amide bonds. The van der Waals surface area contributed by atoms with Crippen molar-refractivity contribution in [2.24, 2.45) is 0 Å². The van der Waals surface area contributed by atoms with Gasteiger partial charge in [0.05, 0.1) is 11.3 Å². The zero-order valence-electron chi connectivity index (χ0n) is 9.24. The first-order valence-corrected chi connectivity index (χ1v) is 5.16. The van der Waals surface area contributed by atoms with E-state index in [4.69, 9.17) is 10.5 Å². The highest BCUT2D eigenvalue weighted by molar-refractivity contribution is 5.53. The second-order valence-corrected chi connectivity index (χ2v) is 3.66. The number of halogens is 3. The van der Waals surface area contributed by atoms with E-state index in [9.17, 15) is 13.2 Å². The van der Waals surface area contributed by atoms with E-state index in [1.54, 1.807) is 24.3 Å². The molecule has 0 unspecified atom stereocenters. The smallest absolute Gasteiger partial charge is 0.416 e. The summed E-state index contributed by atoms with van der Waals surface area (Å²) in [7, 11) is 0. The highest BCUT2D eigenvalue weighted by Gasteiger charge is 2.30. The number of nitrogen functional groups attached to an aromatic ring is 1. The molecule has 0 aliphatic heterocycles. The summed E-state index contributed by atoms with van der Waals surface area (Å²) in [5.74, 6) is 0.721. The van der Waals surface area contributed by atoms with Crippen LogP contribution in [0.5, 0.6) is 11.5 Å². The number of hydrogen-bond acceptors (Lipinski definition) is 2. The van der Waals surface area contributed by atoms with Crippen LogP contribution in [0.3, 0.4) is 0 Å². The Balaban J connectivity index is 2.19. The SMILES string of the molecule is Nc1ccccc1Oc1ccc(C(F)(F)F)cc1. The van der Waals surface area contributed by atoms with Gasteiger partial charge in [-0.3, -0.25) is 0 Å². The predicted octanol–water partition coefficient (Wildman–Crippen LogP) is 4.08. The van der Waals surface area contributed by atoms with E-state index >= 15 is 0 Å². The van der Waals surface area contributed by atoms with Crippen LogP contribution in [-0.4, -0.2) is 0 Å². The van der Waals surface area contributed by atoms with Gasteiger partial charge in [-0.2, -0.15) is 13.2 Å². The molecule has 0 bridgehead atoms. The number of rotatable bonds is 2. The Morgan fingerprint density at radius 3 is 2.06 bits per heavy atom. The molecule has 0 heterocycles. The number of hydrogen-bond donors (Lipinski definition) is 1. The van der Waals surface area contributed by atoms with Crippen molar-refractivity contribution in [1.82, 2.24) is 0 Å². The molecule has 5 heteroatoms. The van der Waals surface area contributed by atoms with Crippen LogP contribution in [0.2, 0.25) is 0 Å². The fraction of sp³-hybridized carbons (Fsp3) is 0.0769. The molecule has 0 radical (unpaired) electrons. The lowest BCUT2D eigenvalue weighted by Gasteiger charge is -2.10. The van der Waals surface area contributed by atoms with Crippen LogP contribution < -0.4 is 10.5 Å². The van der Waals surface area contributed by atoms with Gasteiger partial charge in [-0.1, -0.05) is 12.1 Å². The second-order valence-electron chi connectivity index (χ2n) is 3.66. The summed E-state index contributed by atoms with van der Waals surface area (Å²) in [5.41, 5.74) is 5.38. The third kappa shape index (κ3) is 2.74. The molecule has 0 saturated carbocycles. The lowest BCUT2D eigenvalue weighted by atomic mass is 10.2. The standard InChI is InChI=1S/C13H10F3NO/c14-13(15,16)9-5-7-10(8-6-9)18-12-4-2-1-3-11(12)17/h1-8H,17H2. The number of benzene rings is 2. The average molecular weight is 253 g/mol. The van der Waals surface area contributed by atoms with Crippen molar-refractivity contribution in [3.8, 4) is 11.5 Å². The lowest BCUT2D eigenvalue weighted by molar-refractivity contribution is -0.137. The van der Waals surface area contributed by atoms with E-state index in [2.05, 4.69) is 0 Å². The molecule has 0 aliphatic rings. The molecule has 2 nitrogen and oxygen atoms in total. The molecule has 0 atom stereocenters. The first-order valence-electron chi connectivity index (χ1n) is 5.16. The molecule has 94 valence electrons. The molecule has 0 saturated heterocycles. The van der Waals surface area contributed by atoms with E-state index in [1.807, 2.05) is 0 Å². The minimum Gasteiger partial charge on any atom is -0.455 e. The van der Waals surface area contributed by atoms with Gasteiger partial charge in [0.25, 0.3) is 0 Å². The zero-order valence-corrected chi connectivity index (χ0v) is 9.24. The van der Waals surface area contributed by atoms with Crippen molar-refractivity contribution >= 4 is 5.69 Å². The summed E-state index contributed by atoms with van der Waals surface area (Å²) in [5, 5.41) is 0. The molecule has 2 N–H and O–H groups in total. The summed E-state index contributed by atoms with van der Waals surface area (Å²) >= 11 is 0. The predicted molar refractivity (Wildman–Crippen MR) is 62.4 cm³/mol. The maximum Gasteiger partial charge on any atom is 0.416 e. The first-order chi connectivity index (χ1) is 8.47. The van der Waals surface area contributed by atoms with Crippen LogP contribution in [-0.2, 0) is 6.18 Å². The molecule has 0 fully saturated rings. The van der Waals surface area contributed by atoms with Gasteiger partial charge in [0.15, 0.2) is 0 Å². The Kier molecular flexibility index (Phi) is 3.14. The van der Waals surface area contributed by atoms with E-state index in [0.717, 1.165) is 12.1 Å². The highest BCUT2D eigenvalue weighted by atomic mass is 19.4. The molecule has 0 spiro atoms.